The molecule has 1 aromatic carbocycles. The van der Waals surface area contributed by atoms with E-state index in [0.29, 0.717) is 5.69 Å². The summed E-state index contributed by atoms with van der Waals surface area (Å²) in [5, 5.41) is 12.0. The number of rotatable bonds is 4. The van der Waals surface area contributed by atoms with Gasteiger partial charge in [-0.25, -0.2) is 4.98 Å². The molecule has 0 bridgehead atoms. The molecule has 1 unspecified atom stereocenters. The molecule has 1 amide bonds. The molecular weight excluding hydrogens is 256 g/mol. The number of aliphatic carboxylic acids is 1. The molecule has 5 nitrogen and oxygen atoms in total. The van der Waals surface area contributed by atoms with Crippen LogP contribution in [0.3, 0.4) is 0 Å². The minimum atomic E-state index is -1.07. The first-order valence-electron chi connectivity index (χ1n) is 6.13. The van der Waals surface area contributed by atoms with Gasteiger partial charge in [-0.3, -0.25) is 9.59 Å². The second-order valence-electron chi connectivity index (χ2n) is 4.33. The van der Waals surface area contributed by atoms with Crippen LogP contribution < -0.4 is 5.32 Å². The van der Waals surface area contributed by atoms with Gasteiger partial charge in [0.25, 0.3) is 0 Å². The van der Waals surface area contributed by atoms with Gasteiger partial charge in [0, 0.05) is 11.5 Å². The fourth-order valence-corrected chi connectivity index (χ4v) is 1.66. The average Bonchev–Trinajstić information content (AvgIpc) is 2.44. The predicted molar refractivity (Wildman–Crippen MR) is 76.0 cm³/mol. The highest BCUT2D eigenvalue weighted by Gasteiger charge is 2.11. The van der Waals surface area contributed by atoms with Gasteiger partial charge in [0.2, 0.25) is 5.91 Å². The quantitative estimate of drug-likeness (QED) is 0.831. The molecule has 20 heavy (non-hydrogen) atoms. The number of amides is 1. The van der Waals surface area contributed by atoms with Gasteiger partial charge < -0.3 is 10.4 Å². The minimum Gasteiger partial charge on any atom is -0.480 e. The Balaban J connectivity index is 2.09. The van der Waals surface area contributed by atoms with Crippen LogP contribution >= 0.6 is 0 Å². The van der Waals surface area contributed by atoms with E-state index in [2.05, 4.69) is 10.3 Å². The molecule has 2 N–H and O–H groups in total. The Morgan fingerprint density at radius 2 is 2.00 bits per heavy atom. The van der Waals surface area contributed by atoms with Crippen molar-refractivity contribution in [3.63, 3.8) is 0 Å². The number of nitrogens with one attached hydrogen (secondary N) is 1. The smallest absolute Gasteiger partial charge is 0.325 e. The number of fused-ring (bicyclic) bond motifs is 1. The van der Waals surface area contributed by atoms with Gasteiger partial charge in [-0.2, -0.15) is 0 Å². The van der Waals surface area contributed by atoms with Gasteiger partial charge in [-0.1, -0.05) is 24.3 Å². The van der Waals surface area contributed by atoms with E-state index in [0.717, 1.165) is 10.9 Å². The second-order valence-corrected chi connectivity index (χ2v) is 4.33. The number of carbonyl (C=O) groups excluding carboxylic acids is 1. The molecular formula is C15H14N2O3. The topological polar surface area (TPSA) is 79.3 Å². The summed E-state index contributed by atoms with van der Waals surface area (Å²) in [5.74, 6) is -1.54. The van der Waals surface area contributed by atoms with Crippen molar-refractivity contribution >= 4 is 28.9 Å². The number of hydrogen-bond acceptors (Lipinski definition) is 3. The van der Waals surface area contributed by atoms with E-state index >= 15 is 0 Å². The monoisotopic (exact) mass is 270 g/mol. The second kappa shape index (κ2) is 5.97. The first kappa shape index (κ1) is 13.7. The molecule has 0 aliphatic carbocycles. The summed E-state index contributed by atoms with van der Waals surface area (Å²) in [5.41, 5.74) is 1.48. The molecule has 0 aliphatic rings. The van der Waals surface area contributed by atoms with Crippen molar-refractivity contribution in [3.05, 3.63) is 48.2 Å². The summed E-state index contributed by atoms with van der Waals surface area (Å²) in [6, 6.07) is 10.5. The number of carbonyl (C=O) groups is 2. The maximum Gasteiger partial charge on any atom is 0.325 e. The van der Waals surface area contributed by atoms with Crippen LogP contribution in [0.15, 0.2) is 42.5 Å². The highest BCUT2D eigenvalue weighted by atomic mass is 16.4. The van der Waals surface area contributed by atoms with E-state index in [9.17, 15) is 9.59 Å². The standard InChI is InChI=1S/C15H14N2O3/c1-10(15(19)20)16-14(18)9-8-12-7-6-11-4-2-3-5-13(11)17-12/h2-10H,1H3,(H,16,18)(H,19,20)/b9-8+. The SMILES string of the molecule is CC(NC(=O)/C=C/c1ccc2ccccc2n1)C(=O)O. The summed E-state index contributed by atoms with van der Waals surface area (Å²) >= 11 is 0. The fraction of sp³-hybridized carbons (Fsp3) is 0.133. The molecule has 1 heterocycles. The number of para-hydroxylation sites is 1. The maximum atomic E-state index is 11.5. The third kappa shape index (κ3) is 3.41. The van der Waals surface area contributed by atoms with Gasteiger partial charge in [0.1, 0.15) is 6.04 Å². The zero-order chi connectivity index (χ0) is 14.5. The van der Waals surface area contributed by atoms with Crippen LogP contribution in [0.25, 0.3) is 17.0 Å². The molecule has 0 spiro atoms. The predicted octanol–water partition coefficient (Wildman–Crippen LogP) is 1.84. The Labute approximate surface area is 115 Å². The Bertz CT molecular complexity index is 680. The number of pyridine rings is 1. The lowest BCUT2D eigenvalue weighted by atomic mass is 10.2. The number of nitrogens with zero attached hydrogens (tertiary/aromatic N) is 1. The molecule has 0 fully saturated rings. The van der Waals surface area contributed by atoms with E-state index in [4.69, 9.17) is 5.11 Å². The summed E-state index contributed by atoms with van der Waals surface area (Å²) in [7, 11) is 0. The Morgan fingerprint density at radius 3 is 2.75 bits per heavy atom. The molecule has 1 atom stereocenters. The van der Waals surface area contributed by atoms with Crippen molar-refractivity contribution in [1.82, 2.24) is 10.3 Å². The zero-order valence-electron chi connectivity index (χ0n) is 10.9. The zero-order valence-corrected chi connectivity index (χ0v) is 10.9. The van der Waals surface area contributed by atoms with Crippen LogP contribution in [0, 0.1) is 0 Å². The van der Waals surface area contributed by atoms with Gasteiger partial charge in [0.05, 0.1) is 11.2 Å². The summed E-state index contributed by atoms with van der Waals surface area (Å²) < 4.78 is 0. The van der Waals surface area contributed by atoms with Crippen LogP contribution in [-0.4, -0.2) is 28.0 Å². The first-order valence-corrected chi connectivity index (χ1v) is 6.13. The van der Waals surface area contributed by atoms with Gasteiger partial charge in [0.15, 0.2) is 0 Å². The number of hydrogen-bond donors (Lipinski definition) is 2. The molecule has 2 aromatic rings. The van der Waals surface area contributed by atoms with Crippen LogP contribution in [-0.2, 0) is 9.59 Å². The molecule has 5 heteroatoms. The van der Waals surface area contributed by atoms with Gasteiger partial charge >= 0.3 is 5.97 Å². The van der Waals surface area contributed by atoms with E-state index in [1.807, 2.05) is 30.3 Å². The van der Waals surface area contributed by atoms with Crippen LogP contribution in [0.4, 0.5) is 0 Å². The molecule has 102 valence electrons. The van der Waals surface area contributed by atoms with E-state index in [1.165, 1.54) is 13.0 Å². The number of carboxylic acids is 1. The maximum absolute atomic E-state index is 11.5. The number of benzene rings is 1. The summed E-state index contributed by atoms with van der Waals surface area (Å²) in [4.78, 5) is 26.5. The van der Waals surface area contributed by atoms with Crippen LogP contribution in [0.2, 0.25) is 0 Å². The fourth-order valence-electron chi connectivity index (χ4n) is 1.66. The minimum absolute atomic E-state index is 0.463. The average molecular weight is 270 g/mol. The lowest BCUT2D eigenvalue weighted by Crippen LogP contribution is -2.37. The van der Waals surface area contributed by atoms with Crippen molar-refractivity contribution < 1.29 is 14.7 Å². The third-order valence-corrected chi connectivity index (χ3v) is 2.75. The van der Waals surface area contributed by atoms with Crippen molar-refractivity contribution in [2.24, 2.45) is 0 Å². The van der Waals surface area contributed by atoms with Crippen LogP contribution in [0.1, 0.15) is 12.6 Å². The molecule has 2 rings (SSSR count). The van der Waals surface area contributed by atoms with E-state index in [-0.39, 0.29) is 0 Å². The van der Waals surface area contributed by atoms with E-state index in [1.54, 1.807) is 12.1 Å². The largest absolute Gasteiger partial charge is 0.480 e. The van der Waals surface area contributed by atoms with Crippen molar-refractivity contribution in [1.29, 1.82) is 0 Å². The van der Waals surface area contributed by atoms with Crippen LogP contribution in [0.5, 0.6) is 0 Å². The van der Waals surface area contributed by atoms with Gasteiger partial charge in [-0.15, -0.1) is 0 Å². The molecule has 0 saturated heterocycles. The molecule has 0 saturated carbocycles. The highest BCUT2D eigenvalue weighted by molar-refractivity contribution is 5.94. The summed E-state index contributed by atoms with van der Waals surface area (Å²) in [6.45, 7) is 1.41. The number of carboxylic acid groups (broad SMARTS) is 1. The molecule has 0 radical (unpaired) electrons. The molecule has 0 aliphatic heterocycles. The summed E-state index contributed by atoms with van der Waals surface area (Å²) in [6.07, 6.45) is 2.83. The first-order chi connectivity index (χ1) is 9.56. The number of aromatic nitrogens is 1. The van der Waals surface area contributed by atoms with Crippen molar-refractivity contribution in [3.8, 4) is 0 Å². The molecule has 1 aromatic heterocycles. The van der Waals surface area contributed by atoms with Gasteiger partial charge in [-0.05, 0) is 25.1 Å². The Morgan fingerprint density at radius 1 is 1.25 bits per heavy atom. The van der Waals surface area contributed by atoms with E-state index < -0.39 is 17.9 Å². The Hall–Kier alpha value is -2.69. The van der Waals surface area contributed by atoms with Crippen molar-refractivity contribution in [2.75, 3.05) is 0 Å². The lowest BCUT2D eigenvalue weighted by Gasteiger charge is -2.05. The normalized spacial score (nSPS) is 12.4. The third-order valence-electron chi connectivity index (χ3n) is 2.75. The van der Waals surface area contributed by atoms with Crippen molar-refractivity contribution in [2.45, 2.75) is 13.0 Å². The lowest BCUT2D eigenvalue weighted by molar-refractivity contribution is -0.140. The highest BCUT2D eigenvalue weighted by Crippen LogP contribution is 2.12. The Kier molecular flexibility index (Phi) is 4.10.